The van der Waals surface area contributed by atoms with Crippen molar-refractivity contribution in [2.45, 2.75) is 19.3 Å². The summed E-state index contributed by atoms with van der Waals surface area (Å²) in [6.45, 7) is 0.179. The molecule has 2 rings (SSSR count). The van der Waals surface area contributed by atoms with E-state index >= 15 is 0 Å². The van der Waals surface area contributed by atoms with Gasteiger partial charge < -0.3 is 18.9 Å². The molecule has 112 valence electrons. The molecular weight excluding hydrogens is 278 g/mol. The van der Waals surface area contributed by atoms with Crippen LogP contribution in [0.1, 0.15) is 18.7 Å². The van der Waals surface area contributed by atoms with Gasteiger partial charge in [-0.15, -0.1) is 0 Å². The largest absolute Gasteiger partial charge is 0.481 e. The third-order valence-corrected chi connectivity index (χ3v) is 2.89. The van der Waals surface area contributed by atoms with Crippen molar-refractivity contribution >= 4 is 11.9 Å². The third-order valence-electron chi connectivity index (χ3n) is 2.89. The summed E-state index contributed by atoms with van der Waals surface area (Å²) in [7, 11) is 1.57. The fraction of sp³-hybridized carbons (Fsp3) is 0.385. The van der Waals surface area contributed by atoms with Crippen LogP contribution in [0.25, 0.3) is 11.4 Å². The van der Waals surface area contributed by atoms with E-state index in [-0.39, 0.29) is 25.3 Å². The second kappa shape index (κ2) is 6.69. The van der Waals surface area contributed by atoms with Crippen LogP contribution in [0, 0.1) is 0 Å². The van der Waals surface area contributed by atoms with Gasteiger partial charge in [-0.1, -0.05) is 5.16 Å². The Kier molecular flexibility index (Phi) is 4.70. The number of nitrogens with zero attached hydrogens (tertiary/aromatic N) is 3. The lowest BCUT2D eigenvalue weighted by molar-refractivity contribution is -0.138. The molecule has 2 aromatic rings. The van der Waals surface area contributed by atoms with Crippen LogP contribution in [0.5, 0.6) is 0 Å². The first kappa shape index (κ1) is 14.8. The SMILES string of the molecule is CN(CCC(=O)O)C(=O)CCc1nc(-c2ccoc2)no1. The topological polar surface area (TPSA) is 110 Å². The average molecular weight is 293 g/mol. The van der Waals surface area contributed by atoms with Gasteiger partial charge in [0.15, 0.2) is 0 Å². The molecule has 21 heavy (non-hydrogen) atoms. The average Bonchev–Trinajstić information content (AvgIpc) is 3.12. The van der Waals surface area contributed by atoms with Crippen LogP contribution in [0.4, 0.5) is 0 Å². The predicted octanol–water partition coefficient (Wildman–Crippen LogP) is 1.20. The summed E-state index contributed by atoms with van der Waals surface area (Å²) in [5.74, 6) is -0.341. The number of carbonyl (C=O) groups is 2. The minimum Gasteiger partial charge on any atom is -0.481 e. The van der Waals surface area contributed by atoms with Crippen molar-refractivity contribution in [1.82, 2.24) is 15.0 Å². The van der Waals surface area contributed by atoms with Crippen molar-refractivity contribution in [2.75, 3.05) is 13.6 Å². The highest BCUT2D eigenvalue weighted by Crippen LogP contribution is 2.16. The van der Waals surface area contributed by atoms with Crippen LogP contribution >= 0.6 is 0 Å². The summed E-state index contributed by atoms with van der Waals surface area (Å²) < 4.78 is 9.97. The van der Waals surface area contributed by atoms with Crippen LogP contribution < -0.4 is 0 Å². The number of furan rings is 1. The summed E-state index contributed by atoms with van der Waals surface area (Å²) >= 11 is 0. The minimum atomic E-state index is -0.934. The van der Waals surface area contributed by atoms with Crippen LogP contribution in [0.15, 0.2) is 27.5 Å². The summed E-state index contributed by atoms with van der Waals surface area (Å²) in [6, 6.07) is 1.71. The molecule has 0 aliphatic rings. The van der Waals surface area contributed by atoms with Gasteiger partial charge in [0.25, 0.3) is 0 Å². The van der Waals surface area contributed by atoms with Crippen LogP contribution in [-0.4, -0.2) is 45.6 Å². The highest BCUT2D eigenvalue weighted by molar-refractivity contribution is 5.76. The maximum atomic E-state index is 11.8. The highest BCUT2D eigenvalue weighted by Gasteiger charge is 2.14. The number of rotatable bonds is 7. The van der Waals surface area contributed by atoms with E-state index in [0.29, 0.717) is 23.7 Å². The first-order valence-electron chi connectivity index (χ1n) is 6.37. The number of amides is 1. The Labute approximate surface area is 120 Å². The smallest absolute Gasteiger partial charge is 0.305 e. The molecule has 0 saturated heterocycles. The van der Waals surface area contributed by atoms with Gasteiger partial charge in [0, 0.05) is 26.4 Å². The quantitative estimate of drug-likeness (QED) is 0.816. The van der Waals surface area contributed by atoms with E-state index in [9.17, 15) is 9.59 Å². The summed E-state index contributed by atoms with van der Waals surface area (Å²) in [6.07, 6.45) is 3.42. The number of carboxylic acids is 1. The number of aliphatic carboxylic acids is 1. The van der Waals surface area contributed by atoms with Gasteiger partial charge >= 0.3 is 5.97 Å². The number of carbonyl (C=O) groups excluding carboxylic acids is 1. The minimum absolute atomic E-state index is 0.0760. The molecule has 8 nitrogen and oxygen atoms in total. The summed E-state index contributed by atoms with van der Waals surface area (Å²) in [4.78, 5) is 27.8. The second-order valence-electron chi connectivity index (χ2n) is 4.48. The van der Waals surface area contributed by atoms with Crippen molar-refractivity contribution in [1.29, 1.82) is 0 Å². The Morgan fingerprint density at radius 3 is 2.86 bits per heavy atom. The highest BCUT2D eigenvalue weighted by atomic mass is 16.5. The number of hydrogen-bond donors (Lipinski definition) is 1. The van der Waals surface area contributed by atoms with Gasteiger partial charge in [-0.3, -0.25) is 9.59 Å². The molecule has 0 bridgehead atoms. The predicted molar refractivity (Wildman–Crippen MR) is 70.2 cm³/mol. The van der Waals surface area contributed by atoms with Gasteiger partial charge in [-0.05, 0) is 6.07 Å². The summed E-state index contributed by atoms with van der Waals surface area (Å²) in [5.41, 5.74) is 0.704. The molecule has 0 spiro atoms. The molecule has 0 radical (unpaired) electrons. The molecule has 0 aliphatic heterocycles. The lowest BCUT2D eigenvalue weighted by Gasteiger charge is -2.15. The third kappa shape index (κ3) is 4.16. The number of aryl methyl sites for hydroxylation is 1. The van der Waals surface area contributed by atoms with E-state index in [1.807, 2.05) is 0 Å². The van der Waals surface area contributed by atoms with Crippen molar-refractivity contribution in [3.05, 3.63) is 24.5 Å². The fourth-order valence-corrected chi connectivity index (χ4v) is 1.66. The van der Waals surface area contributed by atoms with E-state index in [4.69, 9.17) is 14.0 Å². The van der Waals surface area contributed by atoms with Crippen molar-refractivity contribution < 1.29 is 23.6 Å². The monoisotopic (exact) mass is 293 g/mol. The van der Waals surface area contributed by atoms with E-state index in [2.05, 4.69) is 10.1 Å². The van der Waals surface area contributed by atoms with E-state index < -0.39 is 5.97 Å². The Morgan fingerprint density at radius 2 is 2.19 bits per heavy atom. The van der Waals surface area contributed by atoms with Gasteiger partial charge in [-0.25, -0.2) is 0 Å². The maximum Gasteiger partial charge on any atom is 0.305 e. The number of hydrogen-bond acceptors (Lipinski definition) is 6. The number of carboxylic acid groups (broad SMARTS) is 1. The molecule has 8 heteroatoms. The Balaban J connectivity index is 1.83. The maximum absolute atomic E-state index is 11.8. The molecule has 0 unspecified atom stereocenters. The molecule has 0 fully saturated rings. The zero-order chi connectivity index (χ0) is 15.2. The van der Waals surface area contributed by atoms with Gasteiger partial charge in [0.1, 0.15) is 6.26 Å². The van der Waals surface area contributed by atoms with E-state index in [1.165, 1.54) is 17.4 Å². The molecule has 0 saturated carbocycles. The van der Waals surface area contributed by atoms with Crippen LogP contribution in [0.2, 0.25) is 0 Å². The first-order valence-corrected chi connectivity index (χ1v) is 6.37. The van der Waals surface area contributed by atoms with Gasteiger partial charge in [0.2, 0.25) is 17.6 Å². The lowest BCUT2D eigenvalue weighted by Crippen LogP contribution is -2.29. The molecule has 0 aliphatic carbocycles. The van der Waals surface area contributed by atoms with Gasteiger partial charge in [-0.2, -0.15) is 4.98 Å². The lowest BCUT2D eigenvalue weighted by atomic mass is 10.2. The first-order chi connectivity index (χ1) is 10.1. The standard InChI is InChI=1S/C13H15N3O5/c1-16(6-4-12(18)19)11(17)3-2-10-14-13(15-21-10)9-5-7-20-8-9/h5,7-8H,2-4,6H2,1H3,(H,18,19). The Bertz CT molecular complexity index is 605. The van der Waals surface area contributed by atoms with Crippen molar-refractivity contribution in [3.8, 4) is 11.4 Å². The molecule has 1 amide bonds. The Hall–Kier alpha value is -2.64. The number of aromatic nitrogens is 2. The zero-order valence-electron chi connectivity index (χ0n) is 11.5. The molecule has 2 aromatic heterocycles. The van der Waals surface area contributed by atoms with E-state index in [0.717, 1.165) is 0 Å². The summed E-state index contributed by atoms with van der Waals surface area (Å²) in [5, 5.41) is 12.4. The Morgan fingerprint density at radius 1 is 1.38 bits per heavy atom. The van der Waals surface area contributed by atoms with Crippen molar-refractivity contribution in [2.24, 2.45) is 0 Å². The van der Waals surface area contributed by atoms with Crippen LogP contribution in [0.3, 0.4) is 0 Å². The fourth-order valence-electron chi connectivity index (χ4n) is 1.66. The van der Waals surface area contributed by atoms with Gasteiger partial charge in [0.05, 0.1) is 18.2 Å². The molecule has 1 N–H and O–H groups in total. The molecular formula is C13H15N3O5. The normalized spacial score (nSPS) is 10.5. The second-order valence-corrected chi connectivity index (χ2v) is 4.48. The van der Waals surface area contributed by atoms with Crippen molar-refractivity contribution in [3.63, 3.8) is 0 Å². The molecule has 0 atom stereocenters. The molecule has 2 heterocycles. The molecule has 0 aromatic carbocycles. The van der Waals surface area contributed by atoms with E-state index in [1.54, 1.807) is 13.1 Å². The van der Waals surface area contributed by atoms with Crippen LogP contribution in [-0.2, 0) is 16.0 Å². The zero-order valence-corrected chi connectivity index (χ0v) is 11.5.